The molecule has 2 aromatic heterocycles. The number of nitrogens with zero attached hydrogens (tertiary/aromatic N) is 3. The van der Waals surface area contributed by atoms with E-state index in [0.717, 1.165) is 0 Å². The van der Waals surface area contributed by atoms with Crippen LogP contribution in [0.25, 0.3) is 0 Å². The molecule has 0 saturated heterocycles. The summed E-state index contributed by atoms with van der Waals surface area (Å²) in [6, 6.07) is 3.27. The van der Waals surface area contributed by atoms with Gasteiger partial charge in [-0.1, -0.05) is 11.6 Å². The van der Waals surface area contributed by atoms with Gasteiger partial charge in [-0.25, -0.2) is 9.97 Å². The van der Waals surface area contributed by atoms with Crippen molar-refractivity contribution in [3.8, 4) is 0 Å². The Balaban J connectivity index is 2.25. The number of hydrogen-bond acceptors (Lipinski definition) is 4. The Morgan fingerprint density at radius 2 is 2.26 bits per heavy atom. The zero-order chi connectivity index (χ0) is 14.0. The molecule has 0 aliphatic rings. The van der Waals surface area contributed by atoms with Crippen LogP contribution in [0.3, 0.4) is 0 Å². The van der Waals surface area contributed by atoms with E-state index in [1.165, 1.54) is 12.3 Å². The van der Waals surface area contributed by atoms with E-state index < -0.39 is 0 Å². The van der Waals surface area contributed by atoms with E-state index in [4.69, 9.17) is 17.3 Å². The molecule has 2 rings (SSSR count). The van der Waals surface area contributed by atoms with E-state index >= 15 is 0 Å². The summed E-state index contributed by atoms with van der Waals surface area (Å²) >= 11 is 5.73. The lowest BCUT2D eigenvalue weighted by molar-refractivity contribution is 0.101. The third-order valence-corrected chi connectivity index (χ3v) is 2.72. The minimum absolute atomic E-state index is 0.123. The van der Waals surface area contributed by atoms with E-state index in [-0.39, 0.29) is 23.1 Å². The smallest absolute Gasteiger partial charge is 0.274 e. The molecule has 2 aromatic rings. The summed E-state index contributed by atoms with van der Waals surface area (Å²) in [6.07, 6.45) is 3.19. The lowest BCUT2D eigenvalue weighted by Gasteiger charge is -2.12. The second kappa shape index (κ2) is 5.27. The van der Waals surface area contributed by atoms with E-state index in [9.17, 15) is 4.79 Å². The van der Waals surface area contributed by atoms with Crippen molar-refractivity contribution in [3.63, 3.8) is 0 Å². The lowest BCUT2D eigenvalue weighted by Crippen LogP contribution is -2.19. The number of hydrogen-bond donors (Lipinski definition) is 2. The second-order valence-corrected chi connectivity index (χ2v) is 4.70. The number of carbonyl (C=O) groups is 1. The van der Waals surface area contributed by atoms with Crippen LogP contribution in [0.5, 0.6) is 0 Å². The summed E-state index contributed by atoms with van der Waals surface area (Å²) in [5.41, 5.74) is 6.71. The molecule has 0 atom stereocenters. The molecule has 0 bridgehead atoms. The maximum Gasteiger partial charge on any atom is 0.274 e. The third-order valence-electron chi connectivity index (χ3n) is 2.51. The number of nitrogen functional groups attached to an aromatic ring is 1. The van der Waals surface area contributed by atoms with Crippen LogP contribution >= 0.6 is 11.6 Å². The largest absolute Gasteiger partial charge is 0.397 e. The molecule has 0 saturated carbocycles. The lowest BCUT2D eigenvalue weighted by atomic mass is 10.3. The number of halogens is 1. The maximum absolute atomic E-state index is 12.2. The van der Waals surface area contributed by atoms with Crippen LogP contribution in [-0.4, -0.2) is 20.4 Å². The van der Waals surface area contributed by atoms with Crippen LogP contribution in [0, 0.1) is 0 Å². The SMILES string of the molecule is CC(C)n1cc(N)cc1C(=O)Nc1nccc(Cl)n1. The van der Waals surface area contributed by atoms with Gasteiger partial charge in [0.2, 0.25) is 5.95 Å². The number of anilines is 2. The minimum Gasteiger partial charge on any atom is -0.397 e. The molecule has 100 valence electrons. The van der Waals surface area contributed by atoms with Gasteiger partial charge in [-0.15, -0.1) is 0 Å². The number of aromatic nitrogens is 3. The van der Waals surface area contributed by atoms with Gasteiger partial charge in [0, 0.05) is 18.4 Å². The molecular formula is C12H14ClN5O. The van der Waals surface area contributed by atoms with Crippen molar-refractivity contribution in [2.75, 3.05) is 11.1 Å². The van der Waals surface area contributed by atoms with E-state index in [0.29, 0.717) is 11.4 Å². The number of carbonyl (C=O) groups excluding carboxylic acids is 1. The summed E-state index contributed by atoms with van der Waals surface area (Å²) in [6.45, 7) is 3.93. The summed E-state index contributed by atoms with van der Waals surface area (Å²) in [5.74, 6) is -0.166. The summed E-state index contributed by atoms with van der Waals surface area (Å²) in [4.78, 5) is 20.0. The van der Waals surface area contributed by atoms with Gasteiger partial charge >= 0.3 is 0 Å². The predicted octanol–water partition coefficient (Wildman–Crippen LogP) is 2.35. The molecule has 0 aliphatic carbocycles. The highest BCUT2D eigenvalue weighted by molar-refractivity contribution is 6.29. The van der Waals surface area contributed by atoms with Gasteiger partial charge in [0.15, 0.2) is 0 Å². The number of amides is 1. The minimum atomic E-state index is -0.326. The first-order chi connectivity index (χ1) is 8.97. The second-order valence-electron chi connectivity index (χ2n) is 4.32. The molecular weight excluding hydrogens is 266 g/mol. The van der Waals surface area contributed by atoms with Crippen molar-refractivity contribution in [3.05, 3.63) is 35.4 Å². The Bertz CT molecular complexity index is 608. The molecule has 1 amide bonds. The standard InChI is InChI=1S/C12H14ClN5O/c1-7(2)18-6-8(14)5-9(18)11(19)17-12-15-4-3-10(13)16-12/h3-7H,14H2,1-2H3,(H,15,16,17,19). The highest BCUT2D eigenvalue weighted by atomic mass is 35.5. The number of rotatable bonds is 3. The molecule has 3 N–H and O–H groups in total. The highest BCUT2D eigenvalue weighted by Crippen LogP contribution is 2.17. The van der Waals surface area contributed by atoms with Crippen molar-refractivity contribution < 1.29 is 4.79 Å². The monoisotopic (exact) mass is 279 g/mol. The Morgan fingerprint density at radius 3 is 2.89 bits per heavy atom. The van der Waals surface area contributed by atoms with Crippen LogP contribution in [0.2, 0.25) is 5.15 Å². The average molecular weight is 280 g/mol. The zero-order valence-corrected chi connectivity index (χ0v) is 11.3. The maximum atomic E-state index is 12.2. The van der Waals surface area contributed by atoms with Crippen LogP contribution in [0.1, 0.15) is 30.4 Å². The van der Waals surface area contributed by atoms with Crippen molar-refractivity contribution in [2.45, 2.75) is 19.9 Å². The van der Waals surface area contributed by atoms with Crippen LogP contribution in [0.15, 0.2) is 24.5 Å². The number of nitrogens with one attached hydrogen (secondary N) is 1. The topological polar surface area (TPSA) is 85.8 Å². The van der Waals surface area contributed by atoms with Gasteiger partial charge in [0.1, 0.15) is 10.8 Å². The number of nitrogens with two attached hydrogens (primary N) is 1. The first kappa shape index (κ1) is 13.4. The molecule has 19 heavy (non-hydrogen) atoms. The first-order valence-electron chi connectivity index (χ1n) is 5.74. The summed E-state index contributed by atoms with van der Waals surface area (Å²) in [5, 5.41) is 2.85. The summed E-state index contributed by atoms with van der Waals surface area (Å²) < 4.78 is 1.79. The Morgan fingerprint density at radius 1 is 1.53 bits per heavy atom. The molecule has 0 radical (unpaired) electrons. The molecule has 0 unspecified atom stereocenters. The third kappa shape index (κ3) is 3.03. The van der Waals surface area contributed by atoms with Crippen molar-refractivity contribution in [1.82, 2.24) is 14.5 Å². The van der Waals surface area contributed by atoms with Crippen LogP contribution < -0.4 is 11.1 Å². The highest BCUT2D eigenvalue weighted by Gasteiger charge is 2.15. The Hall–Kier alpha value is -2.08. The van der Waals surface area contributed by atoms with Gasteiger partial charge < -0.3 is 10.3 Å². The molecule has 6 nitrogen and oxygen atoms in total. The van der Waals surface area contributed by atoms with Gasteiger partial charge in [-0.05, 0) is 26.0 Å². The van der Waals surface area contributed by atoms with Crippen molar-refractivity contribution in [2.24, 2.45) is 0 Å². The quantitative estimate of drug-likeness (QED) is 0.845. The fraction of sp³-hybridized carbons (Fsp3) is 0.250. The molecule has 0 aliphatic heterocycles. The fourth-order valence-electron chi connectivity index (χ4n) is 1.67. The zero-order valence-electron chi connectivity index (χ0n) is 10.6. The van der Waals surface area contributed by atoms with Gasteiger partial charge in [0.25, 0.3) is 5.91 Å². The van der Waals surface area contributed by atoms with Crippen LogP contribution in [-0.2, 0) is 0 Å². The van der Waals surface area contributed by atoms with Gasteiger partial charge in [-0.3, -0.25) is 10.1 Å². The molecule has 0 spiro atoms. The molecule has 0 fully saturated rings. The average Bonchev–Trinajstić information content (AvgIpc) is 2.71. The van der Waals surface area contributed by atoms with E-state index in [1.807, 2.05) is 13.8 Å². The van der Waals surface area contributed by atoms with E-state index in [1.54, 1.807) is 16.8 Å². The fourth-order valence-corrected chi connectivity index (χ4v) is 1.81. The predicted molar refractivity (Wildman–Crippen MR) is 74.2 cm³/mol. The van der Waals surface area contributed by atoms with Crippen LogP contribution in [0.4, 0.5) is 11.6 Å². The molecule has 7 heteroatoms. The Kier molecular flexibility index (Phi) is 3.71. The molecule has 2 heterocycles. The van der Waals surface area contributed by atoms with E-state index in [2.05, 4.69) is 15.3 Å². The van der Waals surface area contributed by atoms with Crippen molar-refractivity contribution in [1.29, 1.82) is 0 Å². The van der Waals surface area contributed by atoms with Gasteiger partial charge in [0.05, 0.1) is 5.69 Å². The summed E-state index contributed by atoms with van der Waals surface area (Å²) in [7, 11) is 0. The van der Waals surface area contributed by atoms with Gasteiger partial charge in [-0.2, -0.15) is 0 Å². The normalized spacial score (nSPS) is 10.7. The Labute approximate surface area is 115 Å². The first-order valence-corrected chi connectivity index (χ1v) is 6.12. The van der Waals surface area contributed by atoms with Crippen molar-refractivity contribution >= 4 is 29.1 Å². The molecule has 0 aromatic carbocycles.